The zero-order chi connectivity index (χ0) is 8.55. The van der Waals surface area contributed by atoms with Gasteiger partial charge in [-0.25, -0.2) is 0 Å². The Morgan fingerprint density at radius 3 is 3.17 bits per heavy atom. The highest BCUT2D eigenvalue weighted by molar-refractivity contribution is 5.56. The highest BCUT2D eigenvalue weighted by Gasteiger charge is 2.15. The van der Waals surface area contributed by atoms with E-state index in [4.69, 9.17) is 4.74 Å². The summed E-state index contributed by atoms with van der Waals surface area (Å²) in [4.78, 5) is 3.23. The van der Waals surface area contributed by atoms with Crippen LogP contribution in [0, 0.1) is 6.92 Å². The quantitative estimate of drug-likeness (QED) is 0.672. The Kier molecular flexibility index (Phi) is 1.77. The molecule has 0 radical (unpaired) electrons. The summed E-state index contributed by atoms with van der Waals surface area (Å²) in [5, 5.41) is 0. The van der Waals surface area contributed by atoms with Gasteiger partial charge in [0.25, 0.3) is 0 Å². The minimum Gasteiger partial charge on any atom is -0.377 e. The smallest absolute Gasteiger partial charge is 0.0797 e. The van der Waals surface area contributed by atoms with E-state index in [1.165, 1.54) is 16.8 Å². The lowest BCUT2D eigenvalue weighted by atomic mass is 9.99. The minimum absolute atomic E-state index is 0.256. The van der Waals surface area contributed by atoms with Crippen LogP contribution in [-0.2, 0) is 11.2 Å². The first-order chi connectivity index (χ1) is 5.81. The van der Waals surface area contributed by atoms with Gasteiger partial charge in [0.2, 0.25) is 0 Å². The zero-order valence-corrected chi connectivity index (χ0v) is 7.42. The van der Waals surface area contributed by atoms with Gasteiger partial charge in [-0.05, 0) is 24.1 Å². The molecule has 1 aromatic rings. The summed E-state index contributed by atoms with van der Waals surface area (Å²) in [6, 6.07) is 0. The van der Waals surface area contributed by atoms with Crippen molar-refractivity contribution in [3.05, 3.63) is 29.1 Å². The van der Waals surface area contributed by atoms with Crippen LogP contribution in [0.1, 0.15) is 16.8 Å². The van der Waals surface area contributed by atoms with Crippen molar-refractivity contribution < 1.29 is 4.74 Å². The van der Waals surface area contributed by atoms with Gasteiger partial charge in [-0.1, -0.05) is 6.08 Å². The number of aryl methyl sites for hydroxylation is 1. The molecular weight excluding hydrogens is 150 g/mol. The number of aromatic nitrogens is 1. The molecule has 1 aromatic heterocycles. The average Bonchev–Trinajstić information content (AvgIpc) is 2.47. The Morgan fingerprint density at radius 1 is 1.58 bits per heavy atom. The van der Waals surface area contributed by atoms with E-state index in [2.05, 4.69) is 24.1 Å². The summed E-state index contributed by atoms with van der Waals surface area (Å²) in [6.45, 7) is 2.13. The summed E-state index contributed by atoms with van der Waals surface area (Å²) in [5.74, 6) is 0. The molecule has 2 heteroatoms. The van der Waals surface area contributed by atoms with E-state index in [1.54, 1.807) is 7.11 Å². The Balaban J connectivity index is 2.35. The molecule has 1 unspecified atom stereocenters. The maximum absolute atomic E-state index is 5.27. The number of methoxy groups -OCH3 is 1. The van der Waals surface area contributed by atoms with E-state index in [-0.39, 0.29) is 6.10 Å². The van der Waals surface area contributed by atoms with Crippen molar-refractivity contribution in [2.24, 2.45) is 0 Å². The van der Waals surface area contributed by atoms with Crippen LogP contribution in [0.4, 0.5) is 0 Å². The maximum atomic E-state index is 5.27. The van der Waals surface area contributed by atoms with Gasteiger partial charge in [-0.15, -0.1) is 0 Å². The van der Waals surface area contributed by atoms with Crippen LogP contribution in [0.25, 0.3) is 6.08 Å². The number of nitrogens with one attached hydrogen (secondary N) is 1. The fourth-order valence-electron chi connectivity index (χ4n) is 1.63. The molecule has 1 aliphatic carbocycles. The van der Waals surface area contributed by atoms with E-state index in [0.29, 0.717) is 0 Å². The standard InChI is InChI=1S/C10H13NO/c1-7-6-11-10-4-3-8(12-2)5-9(7)10/h3-4,6,8,11H,5H2,1-2H3. The Labute approximate surface area is 72.2 Å². The third-order valence-electron chi connectivity index (χ3n) is 2.43. The second-order valence-electron chi connectivity index (χ2n) is 3.20. The number of hydrogen-bond acceptors (Lipinski definition) is 1. The number of H-pyrrole nitrogens is 1. The lowest BCUT2D eigenvalue weighted by Gasteiger charge is -2.15. The molecule has 0 amide bonds. The van der Waals surface area contributed by atoms with Crippen LogP contribution in [0.3, 0.4) is 0 Å². The van der Waals surface area contributed by atoms with Gasteiger partial charge in [0.05, 0.1) is 6.10 Å². The topological polar surface area (TPSA) is 25.0 Å². The van der Waals surface area contributed by atoms with Crippen molar-refractivity contribution in [2.75, 3.05) is 7.11 Å². The van der Waals surface area contributed by atoms with E-state index in [9.17, 15) is 0 Å². The van der Waals surface area contributed by atoms with Gasteiger partial charge in [0, 0.05) is 25.4 Å². The fourth-order valence-corrected chi connectivity index (χ4v) is 1.63. The third-order valence-corrected chi connectivity index (χ3v) is 2.43. The van der Waals surface area contributed by atoms with Crippen molar-refractivity contribution in [1.29, 1.82) is 0 Å². The molecule has 0 bridgehead atoms. The van der Waals surface area contributed by atoms with Gasteiger partial charge in [-0.2, -0.15) is 0 Å². The largest absolute Gasteiger partial charge is 0.377 e. The molecule has 0 saturated carbocycles. The number of rotatable bonds is 1. The molecule has 1 atom stereocenters. The van der Waals surface area contributed by atoms with Crippen LogP contribution in [0.15, 0.2) is 12.3 Å². The molecule has 2 rings (SSSR count). The van der Waals surface area contributed by atoms with Crippen molar-refractivity contribution in [3.8, 4) is 0 Å². The highest BCUT2D eigenvalue weighted by atomic mass is 16.5. The normalized spacial score (nSPS) is 21.0. The number of aromatic amines is 1. The molecule has 12 heavy (non-hydrogen) atoms. The summed E-state index contributed by atoms with van der Waals surface area (Å²) in [5.41, 5.74) is 3.96. The zero-order valence-electron chi connectivity index (χ0n) is 7.42. The molecule has 1 heterocycles. The number of ether oxygens (including phenoxy) is 1. The Hall–Kier alpha value is -1.02. The molecule has 0 spiro atoms. The van der Waals surface area contributed by atoms with Gasteiger partial charge in [-0.3, -0.25) is 0 Å². The van der Waals surface area contributed by atoms with Crippen molar-refractivity contribution in [2.45, 2.75) is 19.4 Å². The number of fused-ring (bicyclic) bond motifs is 1. The van der Waals surface area contributed by atoms with E-state index >= 15 is 0 Å². The molecule has 64 valence electrons. The molecule has 0 aliphatic heterocycles. The minimum atomic E-state index is 0.256. The lowest BCUT2D eigenvalue weighted by Crippen LogP contribution is -2.14. The predicted octanol–water partition coefficient (Wildman–Crippen LogP) is 1.91. The van der Waals surface area contributed by atoms with Crippen LogP contribution >= 0.6 is 0 Å². The summed E-state index contributed by atoms with van der Waals surface area (Å²) in [7, 11) is 1.75. The van der Waals surface area contributed by atoms with Crippen molar-refractivity contribution >= 4 is 6.08 Å². The summed E-state index contributed by atoms with van der Waals surface area (Å²) in [6.07, 6.45) is 7.50. The van der Waals surface area contributed by atoms with Crippen LogP contribution < -0.4 is 0 Å². The van der Waals surface area contributed by atoms with Gasteiger partial charge >= 0.3 is 0 Å². The fraction of sp³-hybridized carbons (Fsp3) is 0.400. The molecule has 2 nitrogen and oxygen atoms in total. The average molecular weight is 163 g/mol. The van der Waals surface area contributed by atoms with E-state index < -0.39 is 0 Å². The van der Waals surface area contributed by atoms with Gasteiger partial charge in [0.15, 0.2) is 0 Å². The predicted molar refractivity (Wildman–Crippen MR) is 49.1 cm³/mol. The second-order valence-corrected chi connectivity index (χ2v) is 3.20. The van der Waals surface area contributed by atoms with Crippen molar-refractivity contribution in [3.63, 3.8) is 0 Å². The van der Waals surface area contributed by atoms with Crippen LogP contribution in [-0.4, -0.2) is 18.2 Å². The second kappa shape index (κ2) is 2.79. The SMILES string of the molecule is COC1C=Cc2[nH]cc(C)c2C1. The molecule has 1 N–H and O–H groups in total. The van der Waals surface area contributed by atoms with Crippen LogP contribution in [0.2, 0.25) is 0 Å². The highest BCUT2D eigenvalue weighted by Crippen LogP contribution is 2.22. The first-order valence-corrected chi connectivity index (χ1v) is 4.19. The van der Waals surface area contributed by atoms with E-state index in [1.807, 2.05) is 6.20 Å². The molecular formula is C10H13NO. The number of hydrogen-bond donors (Lipinski definition) is 1. The summed E-state index contributed by atoms with van der Waals surface area (Å²) < 4.78 is 5.27. The molecule has 0 aromatic carbocycles. The van der Waals surface area contributed by atoms with Gasteiger partial charge < -0.3 is 9.72 Å². The first-order valence-electron chi connectivity index (χ1n) is 4.19. The lowest BCUT2D eigenvalue weighted by molar-refractivity contribution is 0.141. The molecule has 1 aliphatic rings. The van der Waals surface area contributed by atoms with Gasteiger partial charge in [0.1, 0.15) is 0 Å². The molecule has 0 fully saturated rings. The van der Waals surface area contributed by atoms with E-state index in [0.717, 1.165) is 6.42 Å². The third kappa shape index (κ3) is 1.08. The Morgan fingerprint density at radius 2 is 2.42 bits per heavy atom. The van der Waals surface area contributed by atoms with Crippen molar-refractivity contribution in [1.82, 2.24) is 4.98 Å². The summed E-state index contributed by atoms with van der Waals surface area (Å²) >= 11 is 0. The first kappa shape index (κ1) is 7.62. The molecule has 0 saturated heterocycles. The van der Waals surface area contributed by atoms with Crippen LogP contribution in [0.5, 0.6) is 0 Å². The maximum Gasteiger partial charge on any atom is 0.0797 e. The monoisotopic (exact) mass is 163 g/mol. The Bertz CT molecular complexity index is 312.